The van der Waals surface area contributed by atoms with Gasteiger partial charge in [0.25, 0.3) is 0 Å². The van der Waals surface area contributed by atoms with Crippen molar-refractivity contribution < 1.29 is 38.9 Å². The number of hydrogen-bond acceptors (Lipinski definition) is 14. The maximum Gasteiger partial charge on any atom is 0.246 e. The molecule has 18 heteroatoms. The molecule has 4 heterocycles. The van der Waals surface area contributed by atoms with Gasteiger partial charge in [-0.25, -0.2) is 4.98 Å². The number of anilines is 1. The molecule has 0 saturated carbocycles. The van der Waals surface area contributed by atoms with Crippen molar-refractivity contribution in [2.24, 2.45) is 5.41 Å². The monoisotopic (exact) mass is 1070 g/mol. The molecule has 3 aromatic carbocycles. The highest BCUT2D eigenvalue weighted by atomic mass is 32.1. The van der Waals surface area contributed by atoms with Crippen LogP contribution >= 0.6 is 11.3 Å². The van der Waals surface area contributed by atoms with Crippen molar-refractivity contribution in [2.45, 2.75) is 136 Å². The largest absolute Gasteiger partial charge is 0.507 e. The van der Waals surface area contributed by atoms with Crippen LogP contribution in [-0.2, 0) is 25.6 Å². The Morgan fingerprint density at radius 1 is 0.831 bits per heavy atom. The number of aliphatic hydroxyl groups is 1. The number of aromatic nitrogens is 3. The van der Waals surface area contributed by atoms with Crippen molar-refractivity contribution in [3.63, 3.8) is 0 Å². The SMILES string of the molecule is Cc1ncsc1-c1ccc(C(C)NC(=O)[C@@H]2C[C@@H](O)CN2C(=O)C(NC(=O)CCCCCCCCCCC(=O)N2CCN(CCOc3cccc(CCOc4cc(-c5ccccc5O)nnc4N)c3)CC2)C(C)(C)C)cc1. The normalized spacial score (nSPS) is 16.7. The molecule has 77 heavy (non-hydrogen) atoms. The third-order valence-electron chi connectivity index (χ3n) is 14.5. The van der Waals surface area contributed by atoms with Gasteiger partial charge in [-0.3, -0.25) is 24.1 Å². The number of rotatable bonds is 26. The zero-order valence-electron chi connectivity index (χ0n) is 45.5. The number of amides is 4. The number of hydrogen-bond donors (Lipinski definition) is 5. The first kappa shape index (κ1) is 58.1. The third-order valence-corrected chi connectivity index (χ3v) is 15.5. The van der Waals surface area contributed by atoms with Crippen molar-refractivity contribution in [3.05, 3.63) is 101 Å². The molecule has 414 valence electrons. The lowest BCUT2D eigenvalue weighted by Gasteiger charge is -2.35. The number of nitrogen functional groups attached to an aromatic ring is 1. The smallest absolute Gasteiger partial charge is 0.246 e. The molecular weight excluding hydrogens is 995 g/mol. The topological polar surface area (TPSA) is 226 Å². The maximum absolute atomic E-state index is 14.1. The minimum atomic E-state index is -0.859. The summed E-state index contributed by atoms with van der Waals surface area (Å²) in [5.74, 6) is 0.806. The van der Waals surface area contributed by atoms with Crippen molar-refractivity contribution >= 4 is 40.8 Å². The highest BCUT2D eigenvalue weighted by Gasteiger charge is 2.44. The first-order chi connectivity index (χ1) is 37.0. The molecule has 2 aliphatic rings. The molecule has 2 aliphatic heterocycles. The summed E-state index contributed by atoms with van der Waals surface area (Å²) in [5.41, 5.74) is 12.3. The highest BCUT2D eigenvalue weighted by Crippen LogP contribution is 2.32. The highest BCUT2D eigenvalue weighted by molar-refractivity contribution is 7.13. The summed E-state index contributed by atoms with van der Waals surface area (Å²) in [6.45, 7) is 14.4. The number of phenolic OH excluding ortho intramolecular Hbond substituents is 1. The molecule has 4 amide bonds. The molecular formula is C59H79N9O8S. The van der Waals surface area contributed by atoms with E-state index in [0.29, 0.717) is 55.9 Å². The molecule has 0 radical (unpaired) electrons. The van der Waals surface area contributed by atoms with Gasteiger partial charge in [0.15, 0.2) is 11.6 Å². The third kappa shape index (κ3) is 16.9. The second-order valence-electron chi connectivity index (χ2n) is 21.5. The summed E-state index contributed by atoms with van der Waals surface area (Å²) < 4.78 is 12.1. The quantitative estimate of drug-likeness (QED) is 0.0329. The predicted molar refractivity (Wildman–Crippen MR) is 300 cm³/mol. The van der Waals surface area contributed by atoms with Gasteiger partial charge in [0.05, 0.1) is 34.8 Å². The van der Waals surface area contributed by atoms with Crippen molar-refractivity contribution in [2.75, 3.05) is 58.2 Å². The molecule has 2 saturated heterocycles. The van der Waals surface area contributed by atoms with Crippen LogP contribution in [0.2, 0.25) is 0 Å². The zero-order valence-corrected chi connectivity index (χ0v) is 46.4. The number of aliphatic hydroxyl groups excluding tert-OH is 1. The lowest BCUT2D eigenvalue weighted by Crippen LogP contribution is -2.57. The summed E-state index contributed by atoms with van der Waals surface area (Å²) in [7, 11) is 0. The molecule has 7 rings (SSSR count). The number of benzene rings is 3. The van der Waals surface area contributed by atoms with Crippen LogP contribution in [0.4, 0.5) is 5.82 Å². The van der Waals surface area contributed by atoms with Gasteiger partial charge in [-0.2, -0.15) is 0 Å². The van der Waals surface area contributed by atoms with Crippen LogP contribution in [0.5, 0.6) is 17.2 Å². The Morgan fingerprint density at radius 2 is 1.53 bits per heavy atom. The fourth-order valence-electron chi connectivity index (χ4n) is 9.93. The van der Waals surface area contributed by atoms with E-state index in [4.69, 9.17) is 15.2 Å². The summed E-state index contributed by atoms with van der Waals surface area (Å²) in [5, 5.41) is 35.0. The molecule has 17 nitrogen and oxygen atoms in total. The van der Waals surface area contributed by atoms with Crippen molar-refractivity contribution in [3.8, 4) is 38.9 Å². The van der Waals surface area contributed by atoms with Crippen LogP contribution in [0.25, 0.3) is 21.7 Å². The molecule has 6 N–H and O–H groups in total. The fraction of sp³-hybridized carbons (Fsp3) is 0.508. The summed E-state index contributed by atoms with van der Waals surface area (Å²) in [6.07, 6.45) is 8.52. The summed E-state index contributed by atoms with van der Waals surface area (Å²) in [4.78, 5) is 65.3. The summed E-state index contributed by atoms with van der Waals surface area (Å²) >= 11 is 1.58. The Balaban J connectivity index is 0.712. The second-order valence-corrected chi connectivity index (χ2v) is 22.4. The fourth-order valence-corrected chi connectivity index (χ4v) is 10.7. The second kappa shape index (κ2) is 28.1. The van der Waals surface area contributed by atoms with E-state index < -0.39 is 23.6 Å². The minimum Gasteiger partial charge on any atom is -0.507 e. The van der Waals surface area contributed by atoms with E-state index >= 15 is 0 Å². The number of nitrogens with zero attached hydrogens (tertiary/aromatic N) is 6. The van der Waals surface area contributed by atoms with Gasteiger partial charge in [0.2, 0.25) is 23.6 Å². The van der Waals surface area contributed by atoms with Crippen LogP contribution in [-0.4, -0.2) is 134 Å². The van der Waals surface area contributed by atoms with Crippen molar-refractivity contribution in [1.82, 2.24) is 40.5 Å². The number of phenols is 1. The average Bonchev–Trinajstić information content (AvgIpc) is 4.04. The maximum atomic E-state index is 14.1. The van der Waals surface area contributed by atoms with Gasteiger partial charge in [0, 0.05) is 76.6 Å². The number of carbonyl (C=O) groups is 4. The molecule has 4 atom stereocenters. The molecule has 2 unspecified atom stereocenters. The van der Waals surface area contributed by atoms with E-state index in [-0.39, 0.29) is 54.2 Å². The number of nitrogens with one attached hydrogen (secondary N) is 2. The number of thiazole rings is 1. The standard InChI is InChI=1S/C59H79N9O8S/c1-40(43-23-25-44(26-24-43)54-41(2)61-39-77-54)62-57(73)49-36-45(69)38-68(49)58(74)55(59(3,4)5)63-52(71)21-12-10-8-6-7-9-11-13-22-53(72)67-30-28-66(29-31-67)32-34-75-46-18-16-17-42(35-46)27-33-76-51-37-48(64-65-56(51)60)47-19-14-15-20-50(47)70/h14-20,23-26,35,37,39-40,45,49,55,69-70H,6-13,21-22,27-34,36,38H2,1-5H3,(H2,60,65)(H,62,73)(H,63,71)/t40?,45-,49+,55?/m1/s1. The first-order valence-electron chi connectivity index (χ1n) is 27.4. The number of likely N-dealkylation sites (tertiary alicyclic amines) is 1. The van der Waals surface area contributed by atoms with Gasteiger partial charge in [-0.1, -0.05) is 108 Å². The number of nitrogens with two attached hydrogens (primary N) is 1. The number of unbranched alkanes of at least 4 members (excludes halogenated alkanes) is 7. The van der Waals surface area contributed by atoms with Crippen molar-refractivity contribution in [1.29, 1.82) is 0 Å². The molecule has 2 aromatic heterocycles. The average molecular weight is 1070 g/mol. The Bertz CT molecular complexity index is 2720. The summed E-state index contributed by atoms with van der Waals surface area (Å²) in [6, 6.07) is 22.5. The first-order valence-corrected chi connectivity index (χ1v) is 28.3. The van der Waals surface area contributed by atoms with Crippen LogP contribution < -0.4 is 25.8 Å². The number of ether oxygens (including phenoxy) is 2. The van der Waals surface area contributed by atoms with E-state index in [1.54, 1.807) is 35.6 Å². The number of carbonyl (C=O) groups excluding carboxylic acids is 4. The molecule has 0 aliphatic carbocycles. The lowest BCUT2D eigenvalue weighted by atomic mass is 9.85. The Hall–Kier alpha value is -6.63. The molecule has 2 fully saturated rings. The Labute approximate surface area is 458 Å². The van der Waals surface area contributed by atoms with Gasteiger partial charge >= 0.3 is 0 Å². The number of aromatic hydroxyl groups is 1. The number of β-amino-alcohol motifs (C(OH)–C–C–N with tert-alkyl or cyclic N) is 1. The van der Waals surface area contributed by atoms with Gasteiger partial charge < -0.3 is 45.9 Å². The van der Waals surface area contributed by atoms with E-state index in [9.17, 15) is 29.4 Å². The van der Waals surface area contributed by atoms with Gasteiger partial charge in [0.1, 0.15) is 35.9 Å². The zero-order chi connectivity index (χ0) is 54.9. The predicted octanol–water partition coefficient (Wildman–Crippen LogP) is 8.28. The molecule has 0 bridgehead atoms. The van der Waals surface area contributed by atoms with Crippen LogP contribution in [0.15, 0.2) is 84.4 Å². The van der Waals surface area contributed by atoms with Crippen LogP contribution in [0, 0.1) is 12.3 Å². The van der Waals surface area contributed by atoms with E-state index in [0.717, 1.165) is 111 Å². The number of para-hydroxylation sites is 1. The van der Waals surface area contributed by atoms with Gasteiger partial charge in [-0.15, -0.1) is 21.5 Å². The Morgan fingerprint density at radius 3 is 2.22 bits per heavy atom. The van der Waals surface area contributed by atoms with Gasteiger partial charge in [-0.05, 0) is 73.1 Å². The minimum absolute atomic E-state index is 0.0257. The lowest BCUT2D eigenvalue weighted by molar-refractivity contribution is -0.144. The molecule has 5 aromatic rings. The van der Waals surface area contributed by atoms with E-state index in [2.05, 4.69) is 30.7 Å². The van der Waals surface area contributed by atoms with Crippen LogP contribution in [0.3, 0.4) is 0 Å². The number of piperazine rings is 1. The molecule has 0 spiro atoms. The Kier molecular flexibility index (Phi) is 21.2. The van der Waals surface area contributed by atoms with E-state index in [1.165, 1.54) is 4.90 Å². The number of aryl methyl sites for hydroxylation is 1. The van der Waals surface area contributed by atoms with E-state index in [1.807, 2.05) is 99.6 Å². The van der Waals surface area contributed by atoms with Crippen LogP contribution in [0.1, 0.15) is 121 Å².